The molecule has 5 rings (SSSR count). The number of benzene rings is 3. The molecule has 49 heavy (non-hydrogen) atoms. The zero-order chi connectivity index (χ0) is 33.6. The molecule has 2 aliphatic heterocycles. The Hall–Kier alpha value is -2.31. The van der Waals surface area contributed by atoms with Crippen molar-refractivity contribution in [1.29, 1.82) is 0 Å². The second kappa shape index (κ2) is 23.2. The lowest BCUT2D eigenvalue weighted by atomic mass is 10.1. The maximum atomic E-state index is 6.08. The second-order valence-electron chi connectivity index (χ2n) is 11.6. The van der Waals surface area contributed by atoms with Gasteiger partial charge in [-0.3, -0.25) is 0 Å². The van der Waals surface area contributed by atoms with E-state index in [0.29, 0.717) is 132 Å². The van der Waals surface area contributed by atoms with Gasteiger partial charge in [-0.05, 0) is 70.4 Å². The first-order valence-corrected chi connectivity index (χ1v) is 18.6. The molecule has 0 fully saturated rings. The number of rotatable bonds is 3. The van der Waals surface area contributed by atoms with Crippen molar-refractivity contribution in [3.63, 3.8) is 0 Å². The summed E-state index contributed by atoms with van der Waals surface area (Å²) < 4.78 is 58.2. The Morgan fingerprint density at radius 3 is 0.837 bits per heavy atom. The summed E-state index contributed by atoms with van der Waals surface area (Å²) in [5.41, 5.74) is 4.40. The lowest BCUT2D eigenvalue weighted by molar-refractivity contribution is -0.0144. The summed E-state index contributed by atoms with van der Waals surface area (Å²) in [6.07, 6.45) is 0. The molecule has 0 unspecified atom stereocenters. The summed E-state index contributed by atoms with van der Waals surface area (Å²) in [5, 5.41) is 3.70. The van der Waals surface area contributed by atoms with Crippen molar-refractivity contribution in [2.75, 3.05) is 106 Å². The van der Waals surface area contributed by atoms with E-state index in [0.717, 1.165) is 22.3 Å². The summed E-state index contributed by atoms with van der Waals surface area (Å²) in [6, 6.07) is 24.2. The van der Waals surface area contributed by atoms with Crippen molar-refractivity contribution >= 4 is 23.8 Å². The summed E-state index contributed by atoms with van der Waals surface area (Å²) in [6.45, 7) is 10.2. The van der Waals surface area contributed by atoms with E-state index in [2.05, 4.69) is 66.7 Å². The minimum Gasteiger partial charge on any atom is -0.377 e. The van der Waals surface area contributed by atoms with E-state index in [4.69, 9.17) is 47.4 Å². The van der Waals surface area contributed by atoms with Crippen LogP contribution in [-0.2, 0) is 73.8 Å². The van der Waals surface area contributed by atoms with E-state index >= 15 is 0 Å². The Bertz CT molecular complexity index is 1180. The molecule has 0 saturated heterocycles. The van der Waals surface area contributed by atoms with Gasteiger partial charge in [-0.1, -0.05) is 42.5 Å². The number of ether oxygens (including phenoxy) is 10. The highest BCUT2D eigenvalue weighted by Crippen LogP contribution is 2.35. The molecule has 10 nitrogen and oxygen atoms in total. The zero-order valence-corrected chi connectivity index (χ0v) is 29.4. The molecule has 0 radical (unpaired) electrons. The topological polar surface area (TPSA) is 92.3 Å². The molecule has 0 amide bonds. The minimum atomic E-state index is -0.946. The van der Waals surface area contributed by atoms with Crippen LogP contribution in [0.4, 0.5) is 0 Å². The molecule has 4 bridgehead atoms. The predicted molar refractivity (Wildman–Crippen MR) is 189 cm³/mol. The summed E-state index contributed by atoms with van der Waals surface area (Å²) in [5.74, 6) is 0. The van der Waals surface area contributed by atoms with Crippen molar-refractivity contribution < 1.29 is 47.4 Å². The first-order chi connectivity index (χ1) is 24.3. The van der Waals surface area contributed by atoms with Crippen molar-refractivity contribution in [3.05, 3.63) is 89.0 Å². The van der Waals surface area contributed by atoms with E-state index in [9.17, 15) is 0 Å². The Kier molecular flexibility index (Phi) is 18.0. The van der Waals surface area contributed by atoms with E-state index in [-0.39, 0.29) is 0 Å². The van der Waals surface area contributed by atoms with Crippen LogP contribution in [0, 0.1) is 0 Å². The largest absolute Gasteiger partial charge is 0.377 e. The first-order valence-electron chi connectivity index (χ1n) is 17.2. The summed E-state index contributed by atoms with van der Waals surface area (Å²) >= 11 is 0. The molecule has 0 N–H and O–H groups in total. The normalized spacial score (nSPS) is 19.6. The fourth-order valence-electron chi connectivity index (χ4n) is 5.42. The fraction of sp³-hybridized carbons (Fsp3) is 0.526. The molecule has 0 aromatic heterocycles. The Labute approximate surface area is 291 Å². The maximum Gasteiger partial charge on any atom is 0.0718 e. The molecule has 2 heterocycles. The SMILES string of the molecule is c1ccc(P(c2cc3cc(c2)COCCOCCOCCOCCOC3)c2cc3cc(c2)COCCOCCOCCOCCOC3)cc1. The van der Waals surface area contributed by atoms with Crippen LogP contribution in [0.25, 0.3) is 0 Å². The van der Waals surface area contributed by atoms with Crippen LogP contribution in [0.1, 0.15) is 22.3 Å². The third kappa shape index (κ3) is 14.4. The van der Waals surface area contributed by atoms with E-state index in [1.165, 1.54) is 15.9 Å². The monoisotopic (exact) mass is 698 g/mol. The van der Waals surface area contributed by atoms with Gasteiger partial charge >= 0.3 is 0 Å². The highest BCUT2D eigenvalue weighted by atomic mass is 31.1. The van der Waals surface area contributed by atoms with Crippen LogP contribution in [0.2, 0.25) is 0 Å². The predicted octanol–water partition coefficient (Wildman–Crippen LogP) is 3.64. The highest BCUT2D eigenvalue weighted by Gasteiger charge is 2.20. The first kappa shape index (κ1) is 37.9. The summed E-state index contributed by atoms with van der Waals surface area (Å²) in [4.78, 5) is 0. The summed E-state index contributed by atoms with van der Waals surface area (Å²) in [7, 11) is -0.946. The van der Waals surface area contributed by atoms with Crippen LogP contribution in [0.5, 0.6) is 0 Å². The van der Waals surface area contributed by atoms with Gasteiger partial charge in [0.05, 0.1) is 132 Å². The Morgan fingerprint density at radius 2 is 0.551 bits per heavy atom. The van der Waals surface area contributed by atoms with Gasteiger partial charge in [0.2, 0.25) is 0 Å². The smallest absolute Gasteiger partial charge is 0.0718 e. The molecule has 0 saturated carbocycles. The van der Waals surface area contributed by atoms with Crippen LogP contribution >= 0.6 is 7.92 Å². The third-order valence-electron chi connectivity index (χ3n) is 7.66. The van der Waals surface area contributed by atoms with Crippen LogP contribution in [-0.4, -0.2) is 106 Å². The molecule has 3 aromatic carbocycles. The van der Waals surface area contributed by atoms with Crippen molar-refractivity contribution in [2.24, 2.45) is 0 Å². The molecule has 0 atom stereocenters. The van der Waals surface area contributed by atoms with Gasteiger partial charge in [0, 0.05) is 0 Å². The van der Waals surface area contributed by atoms with Crippen LogP contribution in [0.3, 0.4) is 0 Å². The molecule has 0 aliphatic carbocycles. The van der Waals surface area contributed by atoms with Crippen molar-refractivity contribution in [3.8, 4) is 0 Å². The molecular formula is C38H51O10P. The molecular weight excluding hydrogens is 647 g/mol. The number of hydrogen-bond acceptors (Lipinski definition) is 10. The quantitative estimate of drug-likeness (QED) is 0.378. The lowest BCUT2D eigenvalue weighted by Gasteiger charge is -2.23. The van der Waals surface area contributed by atoms with Gasteiger partial charge in [-0.25, -0.2) is 0 Å². The second-order valence-corrected chi connectivity index (χ2v) is 13.8. The van der Waals surface area contributed by atoms with Crippen molar-refractivity contribution in [2.45, 2.75) is 26.4 Å². The van der Waals surface area contributed by atoms with Gasteiger partial charge in [0.1, 0.15) is 0 Å². The standard InChI is InChI=1S/C38H51O10P/c1-2-4-36(5-3-1)49(37-24-32-22-33(25-37)29-46-19-15-42-11-7-39-6-10-41-14-18-45-28-32)38-26-34-23-35(27-38)31-48-21-17-44-13-9-40-8-12-43-16-20-47-30-34/h1-5,22-27H,6-21,28-31H2. The zero-order valence-electron chi connectivity index (χ0n) is 28.5. The Morgan fingerprint density at radius 1 is 0.286 bits per heavy atom. The fourth-order valence-corrected chi connectivity index (χ4v) is 7.96. The minimum absolute atomic E-state index is 0.477. The number of fused-ring (bicyclic) bond motifs is 4. The van der Waals surface area contributed by atoms with Gasteiger partial charge in [0.15, 0.2) is 0 Å². The molecule has 11 heteroatoms. The van der Waals surface area contributed by atoms with E-state index in [1.807, 2.05) is 0 Å². The Balaban J connectivity index is 1.43. The molecule has 3 aromatic rings. The number of hydrogen-bond donors (Lipinski definition) is 0. The van der Waals surface area contributed by atoms with E-state index < -0.39 is 7.92 Å². The van der Waals surface area contributed by atoms with Gasteiger partial charge in [0.25, 0.3) is 0 Å². The van der Waals surface area contributed by atoms with Gasteiger partial charge < -0.3 is 47.4 Å². The molecule has 2 aliphatic rings. The highest BCUT2D eigenvalue weighted by molar-refractivity contribution is 7.79. The molecule has 268 valence electrons. The average Bonchev–Trinajstić information content (AvgIpc) is 3.11. The maximum absolute atomic E-state index is 6.08. The van der Waals surface area contributed by atoms with Crippen LogP contribution in [0.15, 0.2) is 66.7 Å². The molecule has 0 spiro atoms. The lowest BCUT2D eigenvalue weighted by Crippen LogP contribution is -2.23. The van der Waals surface area contributed by atoms with Crippen LogP contribution < -0.4 is 15.9 Å². The van der Waals surface area contributed by atoms with Gasteiger partial charge in [-0.15, -0.1) is 0 Å². The van der Waals surface area contributed by atoms with E-state index in [1.54, 1.807) is 0 Å². The van der Waals surface area contributed by atoms with Gasteiger partial charge in [-0.2, -0.15) is 0 Å². The van der Waals surface area contributed by atoms with Crippen molar-refractivity contribution in [1.82, 2.24) is 0 Å². The average molecular weight is 699 g/mol. The third-order valence-corrected chi connectivity index (χ3v) is 10.0.